The van der Waals surface area contributed by atoms with Gasteiger partial charge in [-0.1, -0.05) is 19.9 Å². The smallest absolute Gasteiger partial charge is 0.227 e. The van der Waals surface area contributed by atoms with Crippen LogP contribution in [0.25, 0.3) is 10.8 Å². The van der Waals surface area contributed by atoms with Crippen LogP contribution in [0.4, 0.5) is 22.0 Å². The molecule has 0 amide bonds. The molecule has 1 aromatic carbocycles. The van der Waals surface area contributed by atoms with E-state index in [1.807, 2.05) is 27.8 Å². The van der Waals surface area contributed by atoms with Gasteiger partial charge in [-0.05, 0) is 41.5 Å². The SMILES string of the molecule is CO[C@@H]1CCN(c2nccc(Nc3cc4c(C(C)C)ccc(OCCn5cnnc5)c4cn3)n2)C[C@@H]1F. The largest absolute Gasteiger partial charge is 0.491 e. The van der Waals surface area contributed by atoms with Gasteiger partial charge in [0, 0.05) is 31.4 Å². The van der Waals surface area contributed by atoms with Crippen molar-refractivity contribution in [3.63, 3.8) is 0 Å². The van der Waals surface area contributed by atoms with Crippen molar-refractivity contribution < 1.29 is 13.9 Å². The van der Waals surface area contributed by atoms with Crippen molar-refractivity contribution in [2.45, 2.75) is 45.0 Å². The van der Waals surface area contributed by atoms with E-state index in [1.165, 1.54) is 5.56 Å². The lowest BCUT2D eigenvalue weighted by molar-refractivity contribution is 0.0194. The molecule has 194 valence electrons. The standard InChI is InChI=1S/C26H31FN8O2/c1-17(2)18-4-5-22(37-11-10-34-15-30-31-16-34)20-13-29-25(12-19(18)20)32-24-6-8-28-26(33-24)35-9-7-23(36-3)21(27)14-35/h4-6,8,12-13,15-17,21,23H,7,9-11,14H2,1-3H3,(H,28,29,32,33)/t21-,23+/m0/s1. The third-order valence-corrected chi connectivity index (χ3v) is 6.56. The molecule has 0 bridgehead atoms. The summed E-state index contributed by atoms with van der Waals surface area (Å²) in [6.45, 7) is 6.30. The van der Waals surface area contributed by atoms with Crippen molar-refractivity contribution in [3.8, 4) is 5.75 Å². The van der Waals surface area contributed by atoms with Crippen molar-refractivity contribution in [1.29, 1.82) is 0 Å². The van der Waals surface area contributed by atoms with Gasteiger partial charge in [0.15, 0.2) is 0 Å². The summed E-state index contributed by atoms with van der Waals surface area (Å²) in [5.74, 6) is 2.82. The number of nitrogens with zero attached hydrogens (tertiary/aromatic N) is 7. The van der Waals surface area contributed by atoms with Crippen molar-refractivity contribution in [2.24, 2.45) is 0 Å². The average Bonchev–Trinajstić information content (AvgIpc) is 3.42. The van der Waals surface area contributed by atoms with Gasteiger partial charge in [0.1, 0.15) is 42.8 Å². The van der Waals surface area contributed by atoms with Gasteiger partial charge < -0.3 is 24.3 Å². The summed E-state index contributed by atoms with van der Waals surface area (Å²) in [5.41, 5.74) is 1.20. The summed E-state index contributed by atoms with van der Waals surface area (Å²) in [7, 11) is 1.55. The Morgan fingerprint density at radius 3 is 2.70 bits per heavy atom. The molecule has 10 nitrogen and oxygen atoms in total. The molecule has 4 aromatic rings. The van der Waals surface area contributed by atoms with Gasteiger partial charge in [0.25, 0.3) is 0 Å². The Hall–Kier alpha value is -3.86. The van der Waals surface area contributed by atoms with Gasteiger partial charge in [-0.25, -0.2) is 14.4 Å². The molecular weight excluding hydrogens is 475 g/mol. The molecule has 1 aliphatic heterocycles. The molecule has 3 aromatic heterocycles. The minimum atomic E-state index is -1.08. The third-order valence-electron chi connectivity index (χ3n) is 6.56. The average molecular weight is 507 g/mol. The number of rotatable bonds is 9. The summed E-state index contributed by atoms with van der Waals surface area (Å²) >= 11 is 0. The van der Waals surface area contributed by atoms with Crippen molar-refractivity contribution >= 4 is 28.4 Å². The highest BCUT2D eigenvalue weighted by Crippen LogP contribution is 2.34. The van der Waals surface area contributed by atoms with Crippen LogP contribution in [-0.2, 0) is 11.3 Å². The molecule has 37 heavy (non-hydrogen) atoms. The van der Waals surface area contributed by atoms with Crippen LogP contribution in [0.3, 0.4) is 0 Å². The van der Waals surface area contributed by atoms with Crippen LogP contribution in [0.5, 0.6) is 5.75 Å². The summed E-state index contributed by atoms with van der Waals surface area (Å²) in [6, 6.07) is 7.89. The number of benzene rings is 1. The fourth-order valence-corrected chi connectivity index (χ4v) is 4.56. The first kappa shape index (κ1) is 24.8. The van der Waals surface area contributed by atoms with E-state index in [0.717, 1.165) is 16.5 Å². The zero-order valence-corrected chi connectivity index (χ0v) is 21.2. The van der Waals surface area contributed by atoms with E-state index in [0.29, 0.717) is 49.6 Å². The normalized spacial score (nSPS) is 17.9. The molecule has 0 aliphatic carbocycles. The third kappa shape index (κ3) is 5.61. The predicted molar refractivity (Wildman–Crippen MR) is 139 cm³/mol. The van der Waals surface area contributed by atoms with E-state index in [9.17, 15) is 4.39 Å². The number of alkyl halides is 1. The van der Waals surface area contributed by atoms with Crippen LogP contribution < -0.4 is 15.0 Å². The minimum Gasteiger partial charge on any atom is -0.491 e. The fourth-order valence-electron chi connectivity index (χ4n) is 4.56. The monoisotopic (exact) mass is 506 g/mol. The van der Waals surface area contributed by atoms with Crippen LogP contribution in [0.2, 0.25) is 0 Å². The molecule has 2 atom stereocenters. The molecule has 5 rings (SSSR count). The van der Waals surface area contributed by atoms with E-state index in [1.54, 1.807) is 32.0 Å². The lowest BCUT2D eigenvalue weighted by atomic mass is 9.96. The Kier molecular flexibility index (Phi) is 7.40. The maximum absolute atomic E-state index is 14.4. The van der Waals surface area contributed by atoms with Crippen molar-refractivity contribution in [1.82, 2.24) is 29.7 Å². The van der Waals surface area contributed by atoms with E-state index < -0.39 is 6.17 Å². The van der Waals surface area contributed by atoms with Crippen LogP contribution in [0, 0.1) is 0 Å². The van der Waals surface area contributed by atoms with Gasteiger partial charge in [0.05, 0.1) is 19.2 Å². The van der Waals surface area contributed by atoms with Crippen LogP contribution >= 0.6 is 0 Å². The van der Waals surface area contributed by atoms with E-state index in [4.69, 9.17) is 9.47 Å². The second-order valence-corrected chi connectivity index (χ2v) is 9.36. The number of aromatic nitrogens is 6. The highest BCUT2D eigenvalue weighted by molar-refractivity contribution is 5.92. The van der Waals surface area contributed by atoms with E-state index in [2.05, 4.69) is 50.4 Å². The summed E-state index contributed by atoms with van der Waals surface area (Å²) in [4.78, 5) is 15.4. The molecule has 0 unspecified atom stereocenters. The van der Waals surface area contributed by atoms with E-state index in [-0.39, 0.29) is 12.6 Å². The number of fused-ring (bicyclic) bond motifs is 1. The Bertz CT molecular complexity index is 1330. The first-order valence-corrected chi connectivity index (χ1v) is 12.4. The lowest BCUT2D eigenvalue weighted by Crippen LogP contribution is -2.46. The molecule has 1 N–H and O–H groups in total. The number of halogens is 1. The predicted octanol–water partition coefficient (Wildman–Crippen LogP) is 4.13. The van der Waals surface area contributed by atoms with Crippen LogP contribution in [0.1, 0.15) is 31.7 Å². The maximum atomic E-state index is 14.4. The Morgan fingerprint density at radius 1 is 1.11 bits per heavy atom. The highest BCUT2D eigenvalue weighted by Gasteiger charge is 2.30. The molecule has 4 heterocycles. The highest BCUT2D eigenvalue weighted by atomic mass is 19.1. The number of ether oxygens (including phenoxy) is 2. The first-order valence-electron chi connectivity index (χ1n) is 12.4. The Labute approximate surface area is 214 Å². The van der Waals surface area contributed by atoms with Crippen molar-refractivity contribution in [2.75, 3.05) is 37.0 Å². The van der Waals surface area contributed by atoms with Gasteiger partial charge in [-0.15, -0.1) is 10.2 Å². The molecule has 0 radical (unpaired) electrons. The number of anilines is 3. The zero-order chi connectivity index (χ0) is 25.8. The molecule has 0 spiro atoms. The summed E-state index contributed by atoms with van der Waals surface area (Å²) < 4.78 is 27.6. The topological polar surface area (TPSA) is 103 Å². The number of nitrogens with one attached hydrogen (secondary N) is 1. The van der Waals surface area contributed by atoms with E-state index >= 15 is 0 Å². The minimum absolute atomic E-state index is 0.202. The number of methoxy groups -OCH3 is 1. The fraction of sp³-hybridized carbons (Fsp3) is 0.423. The molecule has 1 fully saturated rings. The Balaban J connectivity index is 1.35. The van der Waals surface area contributed by atoms with Gasteiger partial charge >= 0.3 is 0 Å². The second kappa shape index (κ2) is 11.0. The molecule has 1 aliphatic rings. The van der Waals surface area contributed by atoms with Gasteiger partial charge in [-0.3, -0.25) is 0 Å². The number of piperidine rings is 1. The van der Waals surface area contributed by atoms with Gasteiger partial charge in [-0.2, -0.15) is 4.98 Å². The van der Waals surface area contributed by atoms with Gasteiger partial charge in [0.2, 0.25) is 5.95 Å². The molecule has 11 heteroatoms. The zero-order valence-electron chi connectivity index (χ0n) is 21.2. The second-order valence-electron chi connectivity index (χ2n) is 9.36. The van der Waals surface area contributed by atoms with Crippen molar-refractivity contribution in [3.05, 3.63) is 54.9 Å². The summed E-state index contributed by atoms with van der Waals surface area (Å²) in [6.07, 6.45) is 5.95. The number of hydrogen-bond acceptors (Lipinski definition) is 9. The lowest BCUT2D eigenvalue weighted by Gasteiger charge is -2.33. The number of hydrogen-bond donors (Lipinski definition) is 1. The van der Waals surface area contributed by atoms with Crippen LogP contribution in [-0.4, -0.2) is 68.8 Å². The molecule has 0 saturated carbocycles. The number of pyridine rings is 1. The summed E-state index contributed by atoms with van der Waals surface area (Å²) in [5, 5.41) is 12.9. The Morgan fingerprint density at radius 2 is 1.95 bits per heavy atom. The molecular formula is C26H31FN8O2. The maximum Gasteiger partial charge on any atom is 0.227 e. The van der Waals surface area contributed by atoms with Crippen LogP contribution in [0.15, 0.2) is 49.3 Å². The first-order chi connectivity index (χ1) is 18.0. The molecule has 1 saturated heterocycles. The quantitative estimate of drug-likeness (QED) is 0.359.